The fraction of sp³-hybridized carbons (Fsp3) is 0.0500. The molecule has 0 amide bonds. The highest BCUT2D eigenvalue weighted by atomic mass is 16.6. The lowest BCUT2D eigenvalue weighted by Crippen LogP contribution is -2.09. The molecule has 3 rings (SSSR count). The molecular formula is C20H15N3O3. The van der Waals surface area contributed by atoms with E-state index < -0.39 is 4.92 Å². The number of nitro benzene ring substituents is 1. The Bertz CT molecular complexity index is 951. The molecule has 6 nitrogen and oxygen atoms in total. The molecule has 128 valence electrons. The number of methoxy groups -OCH3 is 1. The van der Waals surface area contributed by atoms with Crippen LogP contribution in [-0.4, -0.2) is 12.0 Å². The largest absolute Gasteiger partial charge is 0.497 e. The van der Waals surface area contributed by atoms with Crippen LogP contribution in [0.15, 0.2) is 72.6 Å². The van der Waals surface area contributed by atoms with Crippen LogP contribution in [0.3, 0.4) is 0 Å². The molecule has 0 unspecified atom stereocenters. The summed E-state index contributed by atoms with van der Waals surface area (Å²) in [6.07, 6.45) is 9.45. The van der Waals surface area contributed by atoms with Crippen LogP contribution in [-0.2, 0) is 0 Å². The topological polar surface area (TPSA) is 79.4 Å². The van der Waals surface area contributed by atoms with Crippen LogP contribution < -0.4 is 9.64 Å². The highest BCUT2D eigenvalue weighted by molar-refractivity contribution is 5.68. The lowest BCUT2D eigenvalue weighted by Gasteiger charge is -2.19. The minimum atomic E-state index is -0.509. The van der Waals surface area contributed by atoms with Gasteiger partial charge in [-0.2, -0.15) is 5.26 Å². The number of nitriles is 1. The number of ether oxygens (including phenoxy) is 1. The average molecular weight is 345 g/mol. The van der Waals surface area contributed by atoms with E-state index in [1.807, 2.05) is 65.9 Å². The van der Waals surface area contributed by atoms with E-state index in [1.165, 1.54) is 12.1 Å². The van der Waals surface area contributed by atoms with Gasteiger partial charge in [0.1, 0.15) is 11.8 Å². The van der Waals surface area contributed by atoms with E-state index in [2.05, 4.69) is 0 Å². The van der Waals surface area contributed by atoms with E-state index in [0.717, 1.165) is 17.0 Å². The lowest BCUT2D eigenvalue weighted by molar-refractivity contribution is -0.384. The highest BCUT2D eigenvalue weighted by Gasteiger charge is 2.10. The molecule has 0 aliphatic carbocycles. The van der Waals surface area contributed by atoms with E-state index >= 15 is 0 Å². The molecule has 0 atom stereocenters. The van der Waals surface area contributed by atoms with Crippen LogP contribution in [0.1, 0.15) is 11.1 Å². The molecule has 6 heteroatoms. The smallest absolute Gasteiger partial charge is 0.270 e. The Labute approximate surface area is 150 Å². The first-order valence-corrected chi connectivity index (χ1v) is 7.80. The number of allylic oxidation sites excluding steroid dienone is 3. The van der Waals surface area contributed by atoms with Gasteiger partial charge >= 0.3 is 0 Å². The van der Waals surface area contributed by atoms with Crippen molar-refractivity contribution in [3.05, 3.63) is 93.8 Å². The molecule has 0 radical (unpaired) electrons. The zero-order valence-corrected chi connectivity index (χ0v) is 14.0. The van der Waals surface area contributed by atoms with E-state index in [9.17, 15) is 15.4 Å². The molecule has 0 aromatic heterocycles. The van der Waals surface area contributed by atoms with Crippen LogP contribution in [0.4, 0.5) is 11.4 Å². The molecule has 0 saturated heterocycles. The highest BCUT2D eigenvalue weighted by Crippen LogP contribution is 2.25. The van der Waals surface area contributed by atoms with Crippen molar-refractivity contribution in [2.75, 3.05) is 12.0 Å². The number of nitrogens with zero attached hydrogens (tertiary/aromatic N) is 3. The maximum atomic E-state index is 10.8. The Balaban J connectivity index is 1.81. The van der Waals surface area contributed by atoms with Gasteiger partial charge in [0.15, 0.2) is 0 Å². The Morgan fingerprint density at radius 3 is 2.42 bits per heavy atom. The Kier molecular flexibility index (Phi) is 4.81. The second-order valence-electron chi connectivity index (χ2n) is 5.52. The fourth-order valence-electron chi connectivity index (χ4n) is 2.52. The van der Waals surface area contributed by atoms with Crippen LogP contribution in [0.5, 0.6) is 5.75 Å². The summed E-state index contributed by atoms with van der Waals surface area (Å²) in [6.45, 7) is 0. The number of benzene rings is 2. The first-order chi connectivity index (χ1) is 12.6. The van der Waals surface area contributed by atoms with Crippen molar-refractivity contribution >= 4 is 17.5 Å². The summed E-state index contributed by atoms with van der Waals surface area (Å²) in [7, 11) is 1.63. The van der Waals surface area contributed by atoms with E-state index in [4.69, 9.17) is 4.74 Å². The number of hydrogen-bond donors (Lipinski definition) is 0. The van der Waals surface area contributed by atoms with Crippen molar-refractivity contribution in [2.24, 2.45) is 0 Å². The van der Waals surface area contributed by atoms with E-state index in [1.54, 1.807) is 13.2 Å². The molecule has 2 aromatic carbocycles. The number of anilines is 1. The summed E-state index contributed by atoms with van der Waals surface area (Å²) in [4.78, 5) is 12.3. The maximum absolute atomic E-state index is 10.8. The third-order valence-corrected chi connectivity index (χ3v) is 3.92. The van der Waals surface area contributed by atoms with E-state index in [-0.39, 0.29) is 11.3 Å². The molecule has 1 heterocycles. The monoisotopic (exact) mass is 345 g/mol. The SMILES string of the molecule is COc1ccc(N2C=CC(=Cc3ccc([N+](=O)[O-])cc3C#N)C=C2)cc1. The predicted octanol–water partition coefficient (Wildman–Crippen LogP) is 4.41. The summed E-state index contributed by atoms with van der Waals surface area (Å²) in [5, 5.41) is 20.1. The predicted molar refractivity (Wildman–Crippen MR) is 99.5 cm³/mol. The van der Waals surface area contributed by atoms with Gasteiger partial charge in [0.25, 0.3) is 5.69 Å². The average Bonchev–Trinajstić information content (AvgIpc) is 2.69. The summed E-state index contributed by atoms with van der Waals surface area (Å²) in [5.74, 6) is 0.793. The van der Waals surface area contributed by atoms with Gasteiger partial charge in [-0.05, 0) is 59.7 Å². The molecule has 1 aliphatic heterocycles. The molecule has 0 spiro atoms. The zero-order chi connectivity index (χ0) is 18.5. The van der Waals surface area contributed by atoms with Gasteiger partial charge in [-0.3, -0.25) is 10.1 Å². The molecule has 0 N–H and O–H groups in total. The van der Waals surface area contributed by atoms with Gasteiger partial charge in [-0.25, -0.2) is 0 Å². The van der Waals surface area contributed by atoms with Gasteiger partial charge in [0, 0.05) is 30.2 Å². The standard InChI is InChI=1S/C20H15N3O3/c1-26-20-6-4-18(5-7-20)22-10-8-15(9-11-22)12-16-2-3-19(23(24)25)13-17(16)14-21/h2-13H,1H3. The quantitative estimate of drug-likeness (QED) is 0.606. The summed E-state index contributed by atoms with van der Waals surface area (Å²) >= 11 is 0. The second-order valence-corrected chi connectivity index (χ2v) is 5.52. The molecule has 2 aromatic rings. The van der Waals surface area contributed by atoms with Crippen molar-refractivity contribution < 1.29 is 9.66 Å². The Morgan fingerprint density at radius 1 is 1.15 bits per heavy atom. The fourth-order valence-corrected chi connectivity index (χ4v) is 2.52. The lowest BCUT2D eigenvalue weighted by atomic mass is 10.0. The normalized spacial score (nSPS) is 12.6. The maximum Gasteiger partial charge on any atom is 0.270 e. The van der Waals surface area contributed by atoms with Crippen LogP contribution >= 0.6 is 0 Å². The summed E-state index contributed by atoms with van der Waals surface area (Å²) in [5.41, 5.74) is 2.70. The third-order valence-electron chi connectivity index (χ3n) is 3.92. The zero-order valence-electron chi connectivity index (χ0n) is 14.0. The van der Waals surface area contributed by atoms with Crippen molar-refractivity contribution in [1.82, 2.24) is 0 Å². The first-order valence-electron chi connectivity index (χ1n) is 7.80. The Hall–Kier alpha value is -3.85. The van der Waals surface area contributed by atoms with Crippen LogP contribution in [0, 0.1) is 21.4 Å². The van der Waals surface area contributed by atoms with Crippen molar-refractivity contribution in [3.8, 4) is 11.8 Å². The van der Waals surface area contributed by atoms with Gasteiger partial charge in [-0.1, -0.05) is 0 Å². The van der Waals surface area contributed by atoms with Crippen molar-refractivity contribution in [1.29, 1.82) is 5.26 Å². The number of nitro groups is 1. The molecule has 0 fully saturated rings. The van der Waals surface area contributed by atoms with Gasteiger partial charge < -0.3 is 9.64 Å². The van der Waals surface area contributed by atoms with Crippen LogP contribution in [0.2, 0.25) is 0 Å². The van der Waals surface area contributed by atoms with Gasteiger partial charge in [-0.15, -0.1) is 0 Å². The summed E-state index contributed by atoms with van der Waals surface area (Å²) in [6, 6.07) is 13.9. The number of rotatable bonds is 4. The minimum absolute atomic E-state index is 0.0934. The van der Waals surface area contributed by atoms with Crippen molar-refractivity contribution in [3.63, 3.8) is 0 Å². The number of hydrogen-bond acceptors (Lipinski definition) is 5. The molecule has 26 heavy (non-hydrogen) atoms. The minimum Gasteiger partial charge on any atom is -0.497 e. The first kappa shape index (κ1) is 17.0. The van der Waals surface area contributed by atoms with Gasteiger partial charge in [0.05, 0.1) is 17.6 Å². The molecule has 1 aliphatic rings. The van der Waals surface area contributed by atoms with Gasteiger partial charge in [0.2, 0.25) is 0 Å². The molecule has 0 saturated carbocycles. The molecule has 0 bridgehead atoms. The van der Waals surface area contributed by atoms with Crippen molar-refractivity contribution in [2.45, 2.75) is 0 Å². The molecular weight excluding hydrogens is 330 g/mol. The summed E-state index contributed by atoms with van der Waals surface area (Å²) < 4.78 is 5.15. The third kappa shape index (κ3) is 3.62. The number of non-ortho nitro benzene ring substituents is 1. The Morgan fingerprint density at radius 2 is 1.85 bits per heavy atom. The van der Waals surface area contributed by atoms with Crippen LogP contribution in [0.25, 0.3) is 6.08 Å². The second kappa shape index (κ2) is 7.36. The van der Waals surface area contributed by atoms with E-state index in [0.29, 0.717) is 5.56 Å².